The van der Waals surface area contributed by atoms with E-state index >= 15 is 0 Å². The van der Waals surface area contributed by atoms with Crippen LogP contribution >= 0.6 is 0 Å². The van der Waals surface area contributed by atoms with Crippen LogP contribution in [-0.2, 0) is 28.2 Å². The van der Waals surface area contributed by atoms with Gasteiger partial charge in [-0.15, -0.1) is 0 Å². The summed E-state index contributed by atoms with van der Waals surface area (Å²) in [4.78, 5) is 12.6. The summed E-state index contributed by atoms with van der Waals surface area (Å²) in [5.74, 6) is -1.55. The van der Waals surface area contributed by atoms with Crippen LogP contribution in [0.3, 0.4) is 0 Å². The number of carboxylic acid groups (broad SMARTS) is 1. The molecule has 10 heteroatoms. The van der Waals surface area contributed by atoms with E-state index in [4.69, 9.17) is 28.1 Å². The van der Waals surface area contributed by atoms with Gasteiger partial charge in [-0.2, -0.15) is 0 Å². The number of hydrogen-bond acceptors (Lipinski definition) is 8. The van der Waals surface area contributed by atoms with E-state index in [0.717, 1.165) is 22.3 Å². The summed E-state index contributed by atoms with van der Waals surface area (Å²) in [6.45, 7) is 31.9. The van der Waals surface area contributed by atoms with Gasteiger partial charge in [0.05, 0.1) is 49.1 Å². The molecule has 0 radical (unpaired) electrons. The Bertz CT molecular complexity index is 1560. The molecule has 2 aliphatic heterocycles. The van der Waals surface area contributed by atoms with Gasteiger partial charge >= 0.3 is 5.97 Å². The minimum absolute atomic E-state index is 0.0505. The maximum Gasteiger partial charge on any atom is 0.308 e. The van der Waals surface area contributed by atoms with E-state index in [2.05, 4.69) is 94.5 Å². The molecule has 0 aliphatic carbocycles. The second-order valence-corrected chi connectivity index (χ2v) is 23.4. The third kappa shape index (κ3) is 9.87. The molecule has 13 atom stereocenters. The summed E-state index contributed by atoms with van der Waals surface area (Å²) in [5.41, 5.74) is 4.36. The van der Waals surface area contributed by atoms with Crippen LogP contribution in [0.4, 0.5) is 0 Å². The highest BCUT2D eigenvalue weighted by Gasteiger charge is 2.55. The Morgan fingerprint density at radius 1 is 0.855 bits per heavy atom. The largest absolute Gasteiger partial charge is 0.497 e. The van der Waals surface area contributed by atoms with Crippen LogP contribution < -0.4 is 4.74 Å². The van der Waals surface area contributed by atoms with Crippen molar-refractivity contribution in [2.45, 2.75) is 170 Å². The smallest absolute Gasteiger partial charge is 0.308 e. The van der Waals surface area contributed by atoms with Gasteiger partial charge in [0.2, 0.25) is 0 Å². The van der Waals surface area contributed by atoms with Crippen molar-refractivity contribution < 1.29 is 43.1 Å². The van der Waals surface area contributed by atoms with Gasteiger partial charge in [-0.3, -0.25) is 4.79 Å². The van der Waals surface area contributed by atoms with Crippen molar-refractivity contribution in [2.75, 3.05) is 7.11 Å². The molecule has 310 valence electrons. The van der Waals surface area contributed by atoms with E-state index in [1.807, 2.05) is 38.1 Å². The average molecular weight is 785 g/mol. The SMILES string of the molecule is CC[C@@H](O)[C@H](C)[C@@H]1O[C@H](c2c(C)cc(C)cc2C)O[C@@H]([C@H](C)C[C@@](C)(O[Si](C)(C)C(C)(C)C)[C@@H]2O[C@H](c3ccc(OC)cc3)O[C@H]([C@@H](C)C(=O)O)[C@@H]2C)[C@@H]1C. The summed E-state index contributed by atoms with van der Waals surface area (Å²) in [7, 11) is -0.838. The van der Waals surface area contributed by atoms with Crippen LogP contribution in [0.5, 0.6) is 5.75 Å². The fraction of sp³-hybridized carbons (Fsp3) is 0.711. The number of carbonyl (C=O) groups is 1. The van der Waals surface area contributed by atoms with Crippen molar-refractivity contribution in [3.8, 4) is 5.75 Å². The number of methoxy groups -OCH3 is 1. The monoisotopic (exact) mass is 784 g/mol. The molecule has 0 bridgehead atoms. The summed E-state index contributed by atoms with van der Waals surface area (Å²) >= 11 is 0. The topological polar surface area (TPSA) is 113 Å². The van der Waals surface area contributed by atoms with Crippen LogP contribution in [0.2, 0.25) is 18.1 Å². The molecule has 2 aromatic rings. The molecule has 55 heavy (non-hydrogen) atoms. The van der Waals surface area contributed by atoms with E-state index in [1.165, 1.54) is 5.56 Å². The lowest BCUT2D eigenvalue weighted by molar-refractivity contribution is -0.315. The fourth-order valence-electron chi connectivity index (χ4n) is 9.06. The van der Waals surface area contributed by atoms with E-state index in [1.54, 1.807) is 14.0 Å². The number of hydrogen-bond donors (Lipinski definition) is 2. The Morgan fingerprint density at radius 3 is 1.91 bits per heavy atom. The fourth-order valence-corrected chi connectivity index (χ4v) is 10.7. The number of carboxylic acids is 1. The van der Waals surface area contributed by atoms with Crippen molar-refractivity contribution in [1.29, 1.82) is 0 Å². The van der Waals surface area contributed by atoms with Gasteiger partial charge in [0, 0.05) is 28.9 Å². The summed E-state index contributed by atoms with van der Waals surface area (Å²) in [6, 6.07) is 11.9. The molecular formula is C45H72O9Si. The van der Waals surface area contributed by atoms with Crippen LogP contribution in [0.15, 0.2) is 36.4 Å². The van der Waals surface area contributed by atoms with Gasteiger partial charge in [0.25, 0.3) is 0 Å². The van der Waals surface area contributed by atoms with Crippen molar-refractivity contribution in [3.63, 3.8) is 0 Å². The van der Waals surface area contributed by atoms with Gasteiger partial charge in [-0.25, -0.2) is 0 Å². The Morgan fingerprint density at radius 2 is 1.40 bits per heavy atom. The van der Waals surface area contributed by atoms with Gasteiger partial charge in [-0.1, -0.05) is 85.2 Å². The molecule has 0 spiro atoms. The lowest BCUT2D eigenvalue weighted by Gasteiger charge is -2.54. The maximum atomic E-state index is 12.6. The Balaban J connectivity index is 1.83. The molecule has 2 fully saturated rings. The predicted octanol–water partition coefficient (Wildman–Crippen LogP) is 10.1. The van der Waals surface area contributed by atoms with Crippen LogP contribution in [-0.4, -0.2) is 67.7 Å². The quantitative estimate of drug-likeness (QED) is 0.181. The molecule has 0 amide bonds. The zero-order valence-corrected chi connectivity index (χ0v) is 37.6. The van der Waals surface area contributed by atoms with Crippen LogP contribution in [0.25, 0.3) is 0 Å². The molecule has 2 aromatic carbocycles. The third-order valence-electron chi connectivity index (χ3n) is 13.1. The Labute approximate surface area is 332 Å². The maximum absolute atomic E-state index is 12.6. The molecule has 2 heterocycles. The predicted molar refractivity (Wildman–Crippen MR) is 220 cm³/mol. The van der Waals surface area contributed by atoms with Crippen molar-refractivity contribution in [3.05, 3.63) is 64.2 Å². The molecule has 4 rings (SSSR count). The molecule has 2 saturated heterocycles. The van der Waals surface area contributed by atoms with E-state index in [0.29, 0.717) is 18.6 Å². The third-order valence-corrected chi connectivity index (χ3v) is 17.7. The number of aryl methyl sites for hydroxylation is 3. The number of ether oxygens (including phenoxy) is 5. The normalized spacial score (nSPS) is 29.8. The zero-order chi connectivity index (χ0) is 41.4. The van der Waals surface area contributed by atoms with E-state index < -0.39 is 56.7 Å². The summed E-state index contributed by atoms with van der Waals surface area (Å²) < 4.78 is 40.5. The highest BCUT2D eigenvalue weighted by Crippen LogP contribution is 2.50. The molecule has 2 aliphatic rings. The standard InChI is InChI=1S/C45H72O9Si/c1-17-35(46)29(6)38-30(7)37(50-43(52-38)36-26(3)22-25(2)23-27(36)4)28(5)24-45(13,54-55(15,16)44(10,11)12)40-31(8)39(32(9)41(47)48)51-42(53-40)33-18-20-34(49-14)21-19-33/h18-23,28-32,35,37-40,42-43,46H,17,24H2,1-16H3,(H,47,48)/t28-,29+,30+,31+,32-,35-,37+,38+,39+,40-,42-,43-,45-/m1/s1. The van der Waals surface area contributed by atoms with Crippen LogP contribution in [0.1, 0.15) is 122 Å². The first-order chi connectivity index (χ1) is 25.5. The van der Waals surface area contributed by atoms with Gasteiger partial charge in [-0.05, 0) is 94.8 Å². The molecule has 2 N–H and O–H groups in total. The van der Waals surface area contributed by atoms with Gasteiger partial charge < -0.3 is 38.3 Å². The minimum atomic E-state index is -2.46. The first kappa shape index (κ1) is 45.4. The van der Waals surface area contributed by atoms with E-state index in [9.17, 15) is 15.0 Å². The summed E-state index contributed by atoms with van der Waals surface area (Å²) in [6.07, 6.45) is -2.41. The first-order valence-corrected chi connectivity index (χ1v) is 23.3. The minimum Gasteiger partial charge on any atom is -0.497 e. The lowest BCUT2D eigenvalue weighted by Crippen LogP contribution is -2.61. The number of benzene rings is 2. The van der Waals surface area contributed by atoms with Crippen molar-refractivity contribution in [1.82, 2.24) is 0 Å². The number of aliphatic hydroxyl groups excluding tert-OH is 1. The average Bonchev–Trinajstić information content (AvgIpc) is 3.09. The number of aliphatic hydroxyl groups is 1. The van der Waals surface area contributed by atoms with E-state index in [-0.39, 0.29) is 40.9 Å². The Kier molecular flexibility index (Phi) is 14.6. The number of rotatable bonds is 14. The Hall–Kier alpha value is -2.31. The molecule has 0 aromatic heterocycles. The van der Waals surface area contributed by atoms with Crippen LogP contribution in [0, 0.1) is 50.4 Å². The highest BCUT2D eigenvalue weighted by molar-refractivity contribution is 6.74. The summed E-state index contributed by atoms with van der Waals surface area (Å²) in [5, 5.41) is 21.3. The highest BCUT2D eigenvalue weighted by atomic mass is 28.4. The molecule has 0 unspecified atom stereocenters. The molecule has 9 nitrogen and oxygen atoms in total. The zero-order valence-electron chi connectivity index (χ0n) is 36.6. The second kappa shape index (κ2) is 17.7. The van der Waals surface area contributed by atoms with Crippen molar-refractivity contribution in [2.24, 2.45) is 29.6 Å². The molecular weight excluding hydrogens is 713 g/mol. The second-order valence-electron chi connectivity index (χ2n) is 18.6. The molecule has 0 saturated carbocycles. The first-order valence-electron chi connectivity index (χ1n) is 20.4. The van der Waals surface area contributed by atoms with Gasteiger partial charge in [0.1, 0.15) is 5.75 Å². The lowest BCUT2D eigenvalue weighted by atomic mass is 9.73. The van der Waals surface area contributed by atoms with Gasteiger partial charge in [0.15, 0.2) is 20.9 Å². The van der Waals surface area contributed by atoms with Crippen molar-refractivity contribution >= 4 is 14.3 Å². The number of aliphatic carboxylic acids is 1.